The molecule has 1 aromatic rings. The number of nitrogens with one attached hydrogen (secondary N) is 1. The fourth-order valence-electron chi connectivity index (χ4n) is 2.92. The van der Waals surface area contributed by atoms with E-state index in [0.29, 0.717) is 5.92 Å². The normalized spacial score (nSPS) is 24.8. The number of aryl methyl sites for hydroxylation is 1. The molecule has 1 N–H and O–H groups in total. The van der Waals surface area contributed by atoms with Gasteiger partial charge in [-0.25, -0.2) is 0 Å². The number of hydrogen-bond acceptors (Lipinski definition) is 2. The van der Waals surface area contributed by atoms with Gasteiger partial charge < -0.3 is 5.32 Å². The maximum atomic E-state index is 4.51. The van der Waals surface area contributed by atoms with Gasteiger partial charge in [0.15, 0.2) is 0 Å². The molecule has 3 nitrogen and oxygen atoms in total. The SMILES string of the molecule is CCCn1ncc(Br)c1C1(C(C)C)CCCN1. The van der Waals surface area contributed by atoms with Crippen molar-refractivity contribution in [3.8, 4) is 0 Å². The fraction of sp³-hybridized carbons (Fsp3) is 0.769. The van der Waals surface area contributed by atoms with Crippen LogP contribution < -0.4 is 5.32 Å². The van der Waals surface area contributed by atoms with E-state index in [1.54, 1.807) is 0 Å². The zero-order valence-electron chi connectivity index (χ0n) is 11.0. The Morgan fingerprint density at radius 2 is 2.35 bits per heavy atom. The van der Waals surface area contributed by atoms with Crippen LogP contribution in [0, 0.1) is 5.92 Å². The molecule has 96 valence electrons. The molecule has 4 heteroatoms. The van der Waals surface area contributed by atoms with E-state index in [4.69, 9.17) is 0 Å². The van der Waals surface area contributed by atoms with E-state index in [1.165, 1.54) is 18.5 Å². The maximum Gasteiger partial charge on any atom is 0.0729 e. The largest absolute Gasteiger partial charge is 0.306 e. The summed E-state index contributed by atoms with van der Waals surface area (Å²) in [6.07, 6.45) is 5.52. The zero-order valence-corrected chi connectivity index (χ0v) is 12.5. The minimum absolute atomic E-state index is 0.102. The van der Waals surface area contributed by atoms with Crippen LogP contribution in [0.2, 0.25) is 0 Å². The van der Waals surface area contributed by atoms with Crippen LogP contribution in [0.1, 0.15) is 45.7 Å². The van der Waals surface area contributed by atoms with Crippen LogP contribution in [0.25, 0.3) is 0 Å². The first kappa shape index (κ1) is 13.1. The summed E-state index contributed by atoms with van der Waals surface area (Å²) in [5.74, 6) is 0.577. The Balaban J connectivity index is 2.45. The van der Waals surface area contributed by atoms with Crippen LogP contribution >= 0.6 is 15.9 Å². The lowest BCUT2D eigenvalue weighted by Crippen LogP contribution is -2.44. The molecule has 2 heterocycles. The Kier molecular flexibility index (Phi) is 3.93. The highest BCUT2D eigenvalue weighted by atomic mass is 79.9. The van der Waals surface area contributed by atoms with E-state index < -0.39 is 0 Å². The summed E-state index contributed by atoms with van der Waals surface area (Å²) in [5, 5.41) is 8.23. The molecule has 0 aromatic carbocycles. The van der Waals surface area contributed by atoms with Crippen LogP contribution in [-0.4, -0.2) is 16.3 Å². The van der Waals surface area contributed by atoms with Crippen molar-refractivity contribution in [1.29, 1.82) is 0 Å². The van der Waals surface area contributed by atoms with E-state index in [2.05, 4.69) is 51.8 Å². The predicted molar refractivity (Wildman–Crippen MR) is 74.0 cm³/mol. The van der Waals surface area contributed by atoms with Gasteiger partial charge in [0.25, 0.3) is 0 Å². The summed E-state index contributed by atoms with van der Waals surface area (Å²) in [6, 6.07) is 0. The van der Waals surface area contributed by atoms with E-state index in [0.717, 1.165) is 24.0 Å². The average molecular weight is 300 g/mol. The predicted octanol–water partition coefficient (Wildman–Crippen LogP) is 3.29. The second-order valence-electron chi connectivity index (χ2n) is 5.22. The third kappa shape index (κ3) is 2.17. The molecular formula is C13H22BrN3. The van der Waals surface area contributed by atoms with Gasteiger partial charge in [0.1, 0.15) is 0 Å². The summed E-state index contributed by atoms with van der Waals surface area (Å²) >= 11 is 3.68. The third-order valence-corrected chi connectivity index (χ3v) is 4.41. The molecule has 1 aromatic heterocycles. The molecule has 0 saturated carbocycles. The molecule has 1 unspecified atom stereocenters. The van der Waals surface area contributed by atoms with Crippen molar-refractivity contribution < 1.29 is 0 Å². The Bertz CT molecular complexity index is 378. The van der Waals surface area contributed by atoms with Gasteiger partial charge in [-0.1, -0.05) is 20.8 Å². The second kappa shape index (κ2) is 5.11. The summed E-state index contributed by atoms with van der Waals surface area (Å²) in [5.41, 5.74) is 1.44. The van der Waals surface area contributed by atoms with Gasteiger partial charge in [0.2, 0.25) is 0 Å². The van der Waals surface area contributed by atoms with Gasteiger partial charge in [0.05, 0.1) is 21.9 Å². The summed E-state index contributed by atoms with van der Waals surface area (Å²) in [6.45, 7) is 8.91. The number of nitrogens with zero attached hydrogens (tertiary/aromatic N) is 2. The van der Waals surface area contributed by atoms with Gasteiger partial charge in [-0.3, -0.25) is 4.68 Å². The fourth-order valence-corrected chi connectivity index (χ4v) is 3.57. The monoisotopic (exact) mass is 299 g/mol. The summed E-state index contributed by atoms with van der Waals surface area (Å²) in [7, 11) is 0. The van der Waals surface area contributed by atoms with Crippen molar-refractivity contribution in [2.24, 2.45) is 5.92 Å². The molecule has 1 atom stereocenters. The molecule has 1 aliphatic rings. The number of rotatable bonds is 4. The van der Waals surface area contributed by atoms with E-state index >= 15 is 0 Å². The second-order valence-corrected chi connectivity index (χ2v) is 6.07. The Labute approximate surface area is 112 Å². The average Bonchev–Trinajstić information content (AvgIpc) is 2.87. The Hall–Kier alpha value is -0.350. The highest BCUT2D eigenvalue weighted by Gasteiger charge is 2.42. The van der Waals surface area contributed by atoms with Crippen molar-refractivity contribution in [2.45, 2.75) is 52.1 Å². The summed E-state index contributed by atoms with van der Waals surface area (Å²) in [4.78, 5) is 0. The molecule has 0 spiro atoms. The maximum absolute atomic E-state index is 4.51. The first-order valence-electron chi connectivity index (χ1n) is 6.58. The molecule has 17 heavy (non-hydrogen) atoms. The molecule has 0 amide bonds. The molecule has 0 aliphatic carbocycles. The molecule has 0 bridgehead atoms. The van der Waals surface area contributed by atoms with Gasteiger partial charge in [0, 0.05) is 6.54 Å². The topological polar surface area (TPSA) is 29.9 Å². The summed E-state index contributed by atoms with van der Waals surface area (Å²) < 4.78 is 3.32. The van der Waals surface area contributed by atoms with Crippen molar-refractivity contribution in [3.05, 3.63) is 16.4 Å². The van der Waals surface area contributed by atoms with Crippen molar-refractivity contribution >= 4 is 15.9 Å². The van der Waals surface area contributed by atoms with Crippen LogP contribution in [0.5, 0.6) is 0 Å². The van der Waals surface area contributed by atoms with Crippen molar-refractivity contribution in [1.82, 2.24) is 15.1 Å². The lowest BCUT2D eigenvalue weighted by Gasteiger charge is -2.35. The number of aromatic nitrogens is 2. The first-order chi connectivity index (χ1) is 8.12. The lowest BCUT2D eigenvalue weighted by atomic mass is 9.82. The van der Waals surface area contributed by atoms with Crippen LogP contribution in [0.3, 0.4) is 0 Å². The van der Waals surface area contributed by atoms with Crippen LogP contribution in [0.4, 0.5) is 0 Å². The highest BCUT2D eigenvalue weighted by molar-refractivity contribution is 9.10. The lowest BCUT2D eigenvalue weighted by molar-refractivity contribution is 0.253. The molecule has 0 radical (unpaired) electrons. The first-order valence-corrected chi connectivity index (χ1v) is 7.38. The molecule has 1 saturated heterocycles. The van der Waals surface area contributed by atoms with E-state index in [1.807, 2.05) is 6.20 Å². The van der Waals surface area contributed by atoms with Crippen molar-refractivity contribution in [2.75, 3.05) is 6.54 Å². The smallest absolute Gasteiger partial charge is 0.0729 e. The van der Waals surface area contributed by atoms with Crippen LogP contribution in [-0.2, 0) is 12.1 Å². The van der Waals surface area contributed by atoms with Gasteiger partial charge in [-0.15, -0.1) is 0 Å². The zero-order chi connectivity index (χ0) is 12.5. The molecule has 1 fully saturated rings. The number of halogens is 1. The van der Waals surface area contributed by atoms with Crippen molar-refractivity contribution in [3.63, 3.8) is 0 Å². The standard InChI is InChI=1S/C13H22BrN3/c1-4-8-17-12(11(14)9-16-17)13(10(2)3)6-5-7-15-13/h9-10,15H,4-8H2,1-3H3. The van der Waals surface area contributed by atoms with Gasteiger partial charge in [-0.05, 0) is 47.7 Å². The number of hydrogen-bond donors (Lipinski definition) is 1. The highest BCUT2D eigenvalue weighted by Crippen LogP contribution is 2.41. The minimum Gasteiger partial charge on any atom is -0.306 e. The Morgan fingerprint density at radius 3 is 2.88 bits per heavy atom. The molecule has 2 rings (SSSR count). The van der Waals surface area contributed by atoms with Gasteiger partial charge in [-0.2, -0.15) is 5.10 Å². The molecule has 1 aliphatic heterocycles. The Morgan fingerprint density at radius 1 is 1.59 bits per heavy atom. The molecular weight excluding hydrogens is 278 g/mol. The van der Waals surface area contributed by atoms with Crippen LogP contribution in [0.15, 0.2) is 10.7 Å². The third-order valence-electron chi connectivity index (χ3n) is 3.83. The van der Waals surface area contributed by atoms with E-state index in [9.17, 15) is 0 Å². The minimum atomic E-state index is 0.102. The van der Waals surface area contributed by atoms with Gasteiger partial charge >= 0.3 is 0 Å². The quantitative estimate of drug-likeness (QED) is 0.924. The van der Waals surface area contributed by atoms with E-state index in [-0.39, 0.29) is 5.54 Å².